The second-order valence-corrected chi connectivity index (χ2v) is 8.54. The van der Waals surface area contributed by atoms with Gasteiger partial charge in [-0.1, -0.05) is 49.9 Å². The lowest BCUT2D eigenvalue weighted by Gasteiger charge is -2.21. The molecule has 0 spiro atoms. The molecule has 2 aromatic carbocycles. The van der Waals surface area contributed by atoms with Crippen LogP contribution in [0.25, 0.3) is 21.8 Å². The fourth-order valence-corrected chi connectivity index (χ4v) is 3.95. The molecule has 1 heterocycles. The van der Waals surface area contributed by atoms with Gasteiger partial charge in [0.25, 0.3) is 0 Å². The van der Waals surface area contributed by atoms with Crippen LogP contribution in [0.2, 0.25) is 10.0 Å². The summed E-state index contributed by atoms with van der Waals surface area (Å²) in [4.78, 5) is 18.6. The highest BCUT2D eigenvalue weighted by Crippen LogP contribution is 2.27. The van der Waals surface area contributed by atoms with E-state index in [1.54, 1.807) is 18.2 Å². The van der Waals surface area contributed by atoms with Crippen LogP contribution in [0.15, 0.2) is 35.1 Å². The average molecular weight is 449 g/mol. The number of aromatic nitrogens is 1. The first-order chi connectivity index (χ1) is 14.5. The number of ether oxygens (including phenoxy) is 1. The van der Waals surface area contributed by atoms with Gasteiger partial charge in [-0.15, -0.1) is 0 Å². The largest absolute Gasteiger partial charge is 0.493 e. The summed E-state index contributed by atoms with van der Waals surface area (Å²) in [5.74, 6) is 0.756. The molecule has 4 nitrogen and oxygen atoms in total. The van der Waals surface area contributed by atoms with Gasteiger partial charge >= 0.3 is 0 Å². The van der Waals surface area contributed by atoms with E-state index >= 15 is 0 Å². The number of hydrogen-bond donors (Lipinski definition) is 1. The van der Waals surface area contributed by atoms with Crippen molar-refractivity contribution in [2.75, 3.05) is 26.2 Å². The molecule has 0 saturated heterocycles. The predicted molar refractivity (Wildman–Crippen MR) is 128 cm³/mol. The molecule has 3 rings (SSSR count). The molecule has 3 aromatic rings. The topological polar surface area (TPSA) is 45.3 Å². The van der Waals surface area contributed by atoms with Crippen LogP contribution in [-0.4, -0.2) is 36.1 Å². The van der Waals surface area contributed by atoms with Crippen molar-refractivity contribution in [3.05, 3.63) is 50.6 Å². The second-order valence-electron chi connectivity index (χ2n) is 7.72. The molecule has 0 aliphatic rings. The summed E-state index contributed by atoms with van der Waals surface area (Å²) < 4.78 is 5.97. The number of H-pyrrole nitrogens is 1. The number of pyridine rings is 1. The minimum atomic E-state index is -0.0636. The Kier molecular flexibility index (Phi) is 8.43. The standard InChI is InChI=1S/C24H30Cl2N2O2/c1-3-5-10-28(11-6-4-2)12-7-13-30-17-8-9-18-22(14-17)27-23-16-21(26)20(25)15-19(23)24(18)29/h8-9,14-16H,3-7,10-13H2,1-2H3,(H,27,29). The maximum absolute atomic E-state index is 12.8. The number of nitrogens with one attached hydrogen (secondary N) is 1. The fourth-order valence-electron chi connectivity index (χ4n) is 3.62. The van der Waals surface area contributed by atoms with Crippen LogP contribution < -0.4 is 10.2 Å². The van der Waals surface area contributed by atoms with Crippen LogP contribution in [-0.2, 0) is 0 Å². The van der Waals surface area contributed by atoms with Gasteiger partial charge in [0, 0.05) is 23.4 Å². The third-order valence-electron chi connectivity index (χ3n) is 5.35. The van der Waals surface area contributed by atoms with Crippen LogP contribution in [0.5, 0.6) is 5.75 Å². The quantitative estimate of drug-likeness (QED) is 0.263. The second kappa shape index (κ2) is 11.0. The summed E-state index contributed by atoms with van der Waals surface area (Å²) in [6, 6.07) is 8.84. The molecule has 6 heteroatoms. The third-order valence-corrected chi connectivity index (χ3v) is 6.08. The molecule has 30 heavy (non-hydrogen) atoms. The summed E-state index contributed by atoms with van der Waals surface area (Å²) in [6.45, 7) is 8.49. The zero-order valence-corrected chi connectivity index (χ0v) is 19.3. The highest BCUT2D eigenvalue weighted by Gasteiger charge is 2.10. The van der Waals surface area contributed by atoms with Crippen LogP contribution >= 0.6 is 23.2 Å². The number of unbranched alkanes of at least 4 members (excludes halogenated alkanes) is 2. The first-order valence-electron chi connectivity index (χ1n) is 10.8. The fraction of sp³-hybridized carbons (Fsp3) is 0.458. The van der Waals surface area contributed by atoms with Crippen LogP contribution in [0.1, 0.15) is 46.0 Å². The van der Waals surface area contributed by atoms with Crippen molar-refractivity contribution in [1.29, 1.82) is 0 Å². The van der Waals surface area contributed by atoms with E-state index < -0.39 is 0 Å². The molecule has 0 aliphatic carbocycles. The minimum Gasteiger partial charge on any atom is -0.493 e. The number of hydrogen-bond acceptors (Lipinski definition) is 3. The Morgan fingerprint density at radius 2 is 1.50 bits per heavy atom. The van der Waals surface area contributed by atoms with Gasteiger partial charge in [-0.05, 0) is 56.6 Å². The predicted octanol–water partition coefficient (Wildman–Crippen LogP) is 6.66. The van der Waals surface area contributed by atoms with Gasteiger partial charge < -0.3 is 14.6 Å². The SMILES string of the molecule is CCCCN(CCCC)CCCOc1ccc2c(=O)c3cc(Cl)c(Cl)cc3[nH]c2c1. The Morgan fingerprint density at radius 1 is 0.867 bits per heavy atom. The summed E-state index contributed by atoms with van der Waals surface area (Å²) in [5.41, 5.74) is 1.34. The van der Waals surface area contributed by atoms with E-state index in [1.165, 1.54) is 25.7 Å². The average Bonchev–Trinajstić information content (AvgIpc) is 2.74. The van der Waals surface area contributed by atoms with Gasteiger partial charge in [-0.2, -0.15) is 0 Å². The molecule has 1 aromatic heterocycles. The van der Waals surface area contributed by atoms with Crippen molar-refractivity contribution < 1.29 is 4.74 Å². The van der Waals surface area contributed by atoms with Gasteiger partial charge in [0.1, 0.15) is 5.75 Å². The van der Waals surface area contributed by atoms with Crippen molar-refractivity contribution in [2.45, 2.75) is 46.0 Å². The van der Waals surface area contributed by atoms with Crippen molar-refractivity contribution in [3.8, 4) is 5.75 Å². The zero-order valence-electron chi connectivity index (χ0n) is 17.8. The van der Waals surface area contributed by atoms with Gasteiger partial charge in [0.2, 0.25) is 0 Å². The van der Waals surface area contributed by atoms with E-state index in [9.17, 15) is 4.79 Å². The van der Waals surface area contributed by atoms with Crippen molar-refractivity contribution in [3.63, 3.8) is 0 Å². The van der Waals surface area contributed by atoms with Gasteiger partial charge in [-0.3, -0.25) is 4.79 Å². The molecule has 0 unspecified atom stereocenters. The molecular weight excluding hydrogens is 419 g/mol. The number of benzene rings is 2. The van der Waals surface area contributed by atoms with E-state index in [2.05, 4.69) is 23.7 Å². The molecular formula is C24H30Cl2N2O2. The molecule has 0 radical (unpaired) electrons. The Bertz CT molecular complexity index is 1040. The number of rotatable bonds is 11. The van der Waals surface area contributed by atoms with Crippen LogP contribution in [0, 0.1) is 0 Å². The lowest BCUT2D eigenvalue weighted by Crippen LogP contribution is -2.28. The first kappa shape index (κ1) is 22.9. The Labute approximate surface area is 188 Å². The van der Waals surface area contributed by atoms with Crippen molar-refractivity contribution >= 4 is 45.0 Å². The molecule has 162 valence electrons. The molecule has 0 saturated carbocycles. The van der Waals surface area contributed by atoms with Gasteiger partial charge in [0.05, 0.1) is 27.7 Å². The van der Waals surface area contributed by atoms with Gasteiger partial charge in [0.15, 0.2) is 5.43 Å². The maximum Gasteiger partial charge on any atom is 0.197 e. The summed E-state index contributed by atoms with van der Waals surface area (Å²) in [5, 5.41) is 1.94. The summed E-state index contributed by atoms with van der Waals surface area (Å²) >= 11 is 12.2. The van der Waals surface area contributed by atoms with Crippen LogP contribution in [0.3, 0.4) is 0 Å². The Morgan fingerprint density at radius 3 is 2.20 bits per heavy atom. The Hall–Kier alpha value is -1.75. The van der Waals surface area contributed by atoms with E-state index in [0.29, 0.717) is 32.9 Å². The Balaban J connectivity index is 1.67. The molecule has 0 amide bonds. The van der Waals surface area contributed by atoms with Gasteiger partial charge in [-0.25, -0.2) is 0 Å². The van der Waals surface area contributed by atoms with E-state index in [-0.39, 0.29) is 5.43 Å². The lowest BCUT2D eigenvalue weighted by molar-refractivity contribution is 0.229. The summed E-state index contributed by atoms with van der Waals surface area (Å²) in [7, 11) is 0. The smallest absolute Gasteiger partial charge is 0.197 e. The normalized spacial score (nSPS) is 11.6. The number of halogens is 2. The molecule has 0 aliphatic heterocycles. The summed E-state index contributed by atoms with van der Waals surface area (Å²) in [6.07, 6.45) is 5.91. The molecule has 0 atom stereocenters. The third kappa shape index (κ3) is 5.69. The number of fused-ring (bicyclic) bond motifs is 2. The maximum atomic E-state index is 12.8. The molecule has 0 bridgehead atoms. The number of aromatic amines is 1. The highest BCUT2D eigenvalue weighted by atomic mass is 35.5. The first-order valence-corrected chi connectivity index (χ1v) is 11.6. The van der Waals surface area contributed by atoms with E-state index in [4.69, 9.17) is 27.9 Å². The van der Waals surface area contributed by atoms with Crippen LogP contribution in [0.4, 0.5) is 0 Å². The van der Waals surface area contributed by atoms with Crippen molar-refractivity contribution in [2.24, 2.45) is 0 Å². The zero-order chi connectivity index (χ0) is 21.5. The monoisotopic (exact) mass is 448 g/mol. The molecule has 1 N–H and O–H groups in total. The molecule has 0 fully saturated rings. The lowest BCUT2D eigenvalue weighted by atomic mass is 10.1. The van der Waals surface area contributed by atoms with E-state index in [0.717, 1.165) is 37.3 Å². The highest BCUT2D eigenvalue weighted by molar-refractivity contribution is 6.42. The number of nitrogens with zero attached hydrogens (tertiary/aromatic N) is 1. The minimum absolute atomic E-state index is 0.0636. The van der Waals surface area contributed by atoms with E-state index in [1.807, 2.05) is 12.1 Å². The van der Waals surface area contributed by atoms with Crippen molar-refractivity contribution in [1.82, 2.24) is 9.88 Å².